The molecule has 92 valence electrons. The first kappa shape index (κ1) is 11.8. The average molecular weight is 280 g/mol. The molecule has 0 aliphatic carbocycles. The number of halogens is 2. The van der Waals surface area contributed by atoms with E-state index in [9.17, 15) is 4.79 Å². The molecule has 1 unspecified atom stereocenters. The average Bonchev–Trinajstić information content (AvgIpc) is 2.68. The highest BCUT2D eigenvalue weighted by Gasteiger charge is 2.30. The van der Waals surface area contributed by atoms with E-state index in [1.54, 1.807) is 4.90 Å². The molecule has 1 heterocycles. The number of hydrogen-bond donors (Lipinski definition) is 0. The molecule has 2 aromatic rings. The van der Waals surface area contributed by atoms with Crippen LogP contribution in [0.1, 0.15) is 6.42 Å². The van der Waals surface area contributed by atoms with Gasteiger partial charge in [0.15, 0.2) is 0 Å². The maximum Gasteiger partial charge on any atom is 0.228 e. The van der Waals surface area contributed by atoms with Gasteiger partial charge < -0.3 is 4.90 Å². The molecule has 0 saturated carbocycles. The van der Waals surface area contributed by atoms with Crippen LogP contribution in [0.25, 0.3) is 10.8 Å². The summed E-state index contributed by atoms with van der Waals surface area (Å²) in [4.78, 5) is 13.7. The fourth-order valence-electron chi connectivity index (χ4n) is 2.40. The van der Waals surface area contributed by atoms with Crippen LogP contribution in [0.4, 0.5) is 5.69 Å². The van der Waals surface area contributed by atoms with Crippen molar-refractivity contribution in [3.63, 3.8) is 0 Å². The van der Waals surface area contributed by atoms with E-state index in [1.807, 2.05) is 36.4 Å². The number of rotatable bonds is 1. The minimum atomic E-state index is -0.116. The van der Waals surface area contributed by atoms with E-state index in [4.69, 9.17) is 23.2 Å². The van der Waals surface area contributed by atoms with Gasteiger partial charge in [-0.3, -0.25) is 4.79 Å². The number of hydrogen-bond acceptors (Lipinski definition) is 1. The van der Waals surface area contributed by atoms with Crippen LogP contribution >= 0.6 is 23.2 Å². The number of benzene rings is 2. The summed E-state index contributed by atoms with van der Waals surface area (Å²) in [7, 11) is 0. The van der Waals surface area contributed by atoms with Gasteiger partial charge in [0.1, 0.15) is 0 Å². The van der Waals surface area contributed by atoms with Crippen molar-refractivity contribution in [2.45, 2.75) is 11.8 Å². The number of alkyl halides is 1. The lowest BCUT2D eigenvalue weighted by Crippen LogP contribution is -2.24. The fourth-order valence-corrected chi connectivity index (χ4v) is 2.95. The van der Waals surface area contributed by atoms with Crippen LogP contribution in [-0.4, -0.2) is 17.8 Å². The number of carbonyl (C=O) groups excluding carboxylic acids is 1. The Balaban J connectivity index is 2.20. The van der Waals surface area contributed by atoms with Crippen molar-refractivity contribution in [3.8, 4) is 0 Å². The minimum absolute atomic E-state index is 0.0578. The highest BCUT2D eigenvalue weighted by molar-refractivity contribution is 6.37. The zero-order valence-corrected chi connectivity index (χ0v) is 11.1. The summed E-state index contributed by atoms with van der Waals surface area (Å²) in [6.07, 6.45) is 0.391. The molecule has 2 nitrogen and oxygen atoms in total. The van der Waals surface area contributed by atoms with Gasteiger partial charge in [-0.2, -0.15) is 0 Å². The number of amides is 1. The van der Waals surface area contributed by atoms with Crippen LogP contribution in [0.2, 0.25) is 5.02 Å². The summed E-state index contributed by atoms with van der Waals surface area (Å²) < 4.78 is 0. The summed E-state index contributed by atoms with van der Waals surface area (Å²) in [6.45, 7) is 0.546. The van der Waals surface area contributed by atoms with Crippen molar-refractivity contribution in [2.24, 2.45) is 0 Å². The summed E-state index contributed by atoms with van der Waals surface area (Å²) >= 11 is 12.3. The van der Waals surface area contributed by atoms with Gasteiger partial charge in [0.05, 0.1) is 16.1 Å². The summed E-state index contributed by atoms with van der Waals surface area (Å²) in [5.74, 6) is 0.0578. The Bertz CT molecular complexity index is 621. The summed E-state index contributed by atoms with van der Waals surface area (Å²) in [5.41, 5.74) is 0.853. The van der Waals surface area contributed by atoms with Gasteiger partial charge in [-0.05, 0) is 17.5 Å². The zero-order chi connectivity index (χ0) is 12.7. The topological polar surface area (TPSA) is 20.3 Å². The SMILES string of the molecule is O=C1CC(Cl)CN1c1cccc2cccc(Cl)c12. The second-order valence-corrected chi connectivity index (χ2v) is 5.45. The van der Waals surface area contributed by atoms with Crippen LogP contribution in [-0.2, 0) is 4.79 Å². The van der Waals surface area contributed by atoms with Crippen molar-refractivity contribution < 1.29 is 4.79 Å². The molecule has 0 spiro atoms. The van der Waals surface area contributed by atoms with Crippen molar-refractivity contribution in [1.29, 1.82) is 0 Å². The van der Waals surface area contributed by atoms with Crippen LogP contribution in [0, 0.1) is 0 Å². The van der Waals surface area contributed by atoms with Gasteiger partial charge in [0, 0.05) is 18.4 Å². The molecule has 18 heavy (non-hydrogen) atoms. The third-order valence-electron chi connectivity index (χ3n) is 3.20. The standard InChI is InChI=1S/C14H11Cl2NO/c15-10-7-13(18)17(8-10)12-6-2-4-9-3-1-5-11(16)14(9)12/h1-6,10H,7-8H2. The molecular formula is C14H11Cl2NO. The molecule has 4 heteroatoms. The molecule has 0 bridgehead atoms. The first-order chi connectivity index (χ1) is 8.66. The molecule has 1 aliphatic rings. The highest BCUT2D eigenvalue weighted by atomic mass is 35.5. The van der Waals surface area contributed by atoms with Gasteiger partial charge >= 0.3 is 0 Å². The molecule has 1 atom stereocenters. The van der Waals surface area contributed by atoms with E-state index in [0.29, 0.717) is 18.0 Å². The Morgan fingerprint density at radius 2 is 1.89 bits per heavy atom. The Morgan fingerprint density at radius 1 is 1.17 bits per heavy atom. The molecule has 0 radical (unpaired) electrons. The van der Waals surface area contributed by atoms with Gasteiger partial charge in [-0.15, -0.1) is 11.6 Å². The predicted molar refractivity (Wildman–Crippen MR) is 75.6 cm³/mol. The Labute approximate surface area is 115 Å². The van der Waals surface area contributed by atoms with E-state index in [1.165, 1.54) is 0 Å². The first-order valence-electron chi connectivity index (χ1n) is 5.78. The Hall–Kier alpha value is -1.25. The first-order valence-corrected chi connectivity index (χ1v) is 6.60. The fraction of sp³-hybridized carbons (Fsp3) is 0.214. The lowest BCUT2D eigenvalue weighted by Gasteiger charge is -2.18. The predicted octanol–water partition coefficient (Wildman–Crippen LogP) is 3.84. The quantitative estimate of drug-likeness (QED) is 0.727. The van der Waals surface area contributed by atoms with Crippen LogP contribution in [0.5, 0.6) is 0 Å². The maximum absolute atomic E-state index is 11.9. The molecular weight excluding hydrogens is 269 g/mol. The van der Waals surface area contributed by atoms with E-state index >= 15 is 0 Å². The largest absolute Gasteiger partial charge is 0.310 e. The third-order valence-corrected chi connectivity index (χ3v) is 3.81. The highest BCUT2D eigenvalue weighted by Crippen LogP contribution is 2.35. The normalized spacial score (nSPS) is 19.8. The van der Waals surface area contributed by atoms with Gasteiger partial charge in [0.2, 0.25) is 5.91 Å². The van der Waals surface area contributed by atoms with Crippen molar-refractivity contribution in [1.82, 2.24) is 0 Å². The lowest BCUT2D eigenvalue weighted by atomic mass is 10.1. The van der Waals surface area contributed by atoms with Gasteiger partial charge in [-0.1, -0.05) is 35.9 Å². The Kier molecular flexibility index (Phi) is 2.92. The summed E-state index contributed by atoms with van der Waals surface area (Å²) in [6, 6.07) is 11.6. The second-order valence-electron chi connectivity index (χ2n) is 4.42. The maximum atomic E-state index is 11.9. The monoisotopic (exact) mass is 279 g/mol. The minimum Gasteiger partial charge on any atom is -0.310 e. The van der Waals surface area contributed by atoms with Crippen molar-refractivity contribution >= 4 is 45.6 Å². The molecule has 2 aromatic carbocycles. The van der Waals surface area contributed by atoms with E-state index < -0.39 is 0 Å². The molecule has 0 N–H and O–H groups in total. The van der Waals surface area contributed by atoms with Crippen LogP contribution in [0.15, 0.2) is 36.4 Å². The van der Waals surface area contributed by atoms with Gasteiger partial charge in [-0.25, -0.2) is 0 Å². The smallest absolute Gasteiger partial charge is 0.228 e. The zero-order valence-electron chi connectivity index (χ0n) is 9.57. The summed E-state index contributed by atoms with van der Waals surface area (Å²) in [5, 5.41) is 2.50. The Morgan fingerprint density at radius 3 is 2.56 bits per heavy atom. The molecule has 1 saturated heterocycles. The molecule has 1 aliphatic heterocycles. The molecule has 1 fully saturated rings. The van der Waals surface area contributed by atoms with Crippen LogP contribution in [0.3, 0.4) is 0 Å². The molecule has 1 amide bonds. The van der Waals surface area contributed by atoms with E-state index in [-0.39, 0.29) is 11.3 Å². The van der Waals surface area contributed by atoms with E-state index in [2.05, 4.69) is 0 Å². The van der Waals surface area contributed by atoms with Crippen molar-refractivity contribution in [2.75, 3.05) is 11.4 Å². The lowest BCUT2D eigenvalue weighted by molar-refractivity contribution is -0.117. The number of nitrogens with zero attached hydrogens (tertiary/aromatic N) is 1. The number of carbonyl (C=O) groups is 1. The van der Waals surface area contributed by atoms with Crippen molar-refractivity contribution in [3.05, 3.63) is 41.4 Å². The molecule has 3 rings (SSSR count). The van der Waals surface area contributed by atoms with Crippen LogP contribution < -0.4 is 4.90 Å². The number of fused-ring (bicyclic) bond motifs is 1. The third kappa shape index (κ3) is 1.86. The van der Waals surface area contributed by atoms with E-state index in [0.717, 1.165) is 16.5 Å². The number of anilines is 1. The molecule has 0 aromatic heterocycles. The second kappa shape index (κ2) is 4.45. The van der Waals surface area contributed by atoms with Gasteiger partial charge in [0.25, 0.3) is 0 Å².